The third kappa shape index (κ3) is 7.70. The predicted octanol–water partition coefficient (Wildman–Crippen LogP) is 17.1. The molecule has 0 radical (unpaired) electrons. The van der Waals surface area contributed by atoms with Crippen molar-refractivity contribution in [2.24, 2.45) is 0 Å². The number of fused-ring (bicyclic) bond motifs is 21. The van der Waals surface area contributed by atoms with Gasteiger partial charge in [0.1, 0.15) is 80.6 Å². The van der Waals surface area contributed by atoms with Crippen molar-refractivity contribution in [2.45, 2.75) is 0 Å². The van der Waals surface area contributed by atoms with E-state index in [9.17, 15) is 0 Å². The Morgan fingerprint density at radius 1 is 0.217 bits per heavy atom. The largest absolute Gasteiger partial charge is 0.458 e. The molecule has 0 bridgehead atoms. The Kier molecular flexibility index (Phi) is 11.5. The quantitative estimate of drug-likeness (QED) is 0.126. The third-order valence-electron chi connectivity index (χ3n) is 22.9. The van der Waals surface area contributed by atoms with Crippen molar-refractivity contribution in [1.82, 2.24) is 13.7 Å². The fourth-order valence-electron chi connectivity index (χ4n) is 18.7. The van der Waals surface area contributed by atoms with E-state index in [0.29, 0.717) is 90.8 Å². The standard InChI is InChI=1S/C90H48B3F4N5O4/c94-64-27-17-28-65(95)89(64)101-74-47-80-62(91-58-25-7-15-37-78(58)103-82-41-50(43-84(105-80)87(82)91)99-70-33-11-3-21-54(70)55-22-4-12-34-71(55)99)45-60(74)93-61-46-63-81(106-85-44-51(42-83-88(85)92(63)59-26-8-16-38-79(59)104-83)100-72-35-13-5-23-56(72)57-24-6-14-36-73(57)100)48-75(61)102(90-66(96)29-18-30-67(90)97)77-40-49(39-76(101)86(77)93)98-68-31-9-1-19-52(68)53-20-2-10-32-69(53)98/h1-48H. The molecule has 106 heavy (non-hydrogen) atoms. The zero-order valence-corrected chi connectivity index (χ0v) is 55.8. The highest BCUT2D eigenvalue weighted by atomic mass is 19.1. The summed E-state index contributed by atoms with van der Waals surface area (Å²) in [4.78, 5) is 3.33. The van der Waals surface area contributed by atoms with Gasteiger partial charge in [-0.1, -0.05) is 170 Å². The van der Waals surface area contributed by atoms with Crippen molar-refractivity contribution in [3.63, 3.8) is 0 Å². The second kappa shape index (κ2) is 21.1. The van der Waals surface area contributed by atoms with Gasteiger partial charge in [-0.2, -0.15) is 0 Å². The van der Waals surface area contributed by atoms with E-state index in [-0.39, 0.29) is 11.4 Å². The Balaban J connectivity index is 0.809. The Bertz CT molecular complexity index is 6510. The van der Waals surface area contributed by atoms with Gasteiger partial charge < -0.3 is 42.4 Å². The van der Waals surface area contributed by atoms with Crippen molar-refractivity contribution in [3.8, 4) is 63.1 Å². The Labute approximate surface area is 602 Å². The van der Waals surface area contributed by atoms with Crippen LogP contribution in [0.15, 0.2) is 291 Å². The number of para-hydroxylation sites is 10. The maximum absolute atomic E-state index is 18.0. The van der Waals surface area contributed by atoms with Gasteiger partial charge >= 0.3 is 0 Å². The molecule has 0 atom stereocenters. The zero-order chi connectivity index (χ0) is 69.6. The first kappa shape index (κ1) is 58.0. The fourth-order valence-corrected chi connectivity index (χ4v) is 18.7. The van der Waals surface area contributed by atoms with Gasteiger partial charge in [0.15, 0.2) is 0 Å². The van der Waals surface area contributed by atoms with Gasteiger partial charge in [-0.3, -0.25) is 0 Å². The second-order valence-corrected chi connectivity index (χ2v) is 28.2. The summed E-state index contributed by atoms with van der Waals surface area (Å²) in [6.45, 7) is -1.84. The molecular weight excluding hydrogens is 1320 g/mol. The number of rotatable bonds is 5. The monoisotopic (exact) mass is 1370 g/mol. The fraction of sp³-hybridized carbons (Fsp3) is 0. The molecule has 15 aromatic carbocycles. The first-order chi connectivity index (χ1) is 52.2. The average Bonchev–Trinajstić information content (AvgIpc) is 0.969. The van der Waals surface area contributed by atoms with Crippen LogP contribution in [0.2, 0.25) is 0 Å². The molecule has 0 unspecified atom stereocenters. The van der Waals surface area contributed by atoms with Crippen LogP contribution in [0.5, 0.6) is 46.0 Å². The maximum Gasteiger partial charge on any atom is 0.260 e. The summed E-state index contributed by atoms with van der Waals surface area (Å²) in [5.74, 6) is 1.20. The van der Waals surface area contributed by atoms with Gasteiger partial charge in [0.05, 0.1) is 50.2 Å². The molecule has 0 aliphatic carbocycles. The van der Waals surface area contributed by atoms with Crippen molar-refractivity contribution in [1.29, 1.82) is 0 Å². The maximum atomic E-state index is 18.0. The van der Waals surface area contributed by atoms with Gasteiger partial charge in [0.25, 0.3) is 20.1 Å². The van der Waals surface area contributed by atoms with Gasteiger partial charge in [-0.25, -0.2) is 17.6 Å². The summed E-state index contributed by atoms with van der Waals surface area (Å²) in [7, 11) is 0. The summed E-state index contributed by atoms with van der Waals surface area (Å²) in [5, 5.41) is 6.28. The number of hydrogen-bond acceptors (Lipinski definition) is 6. The summed E-state index contributed by atoms with van der Waals surface area (Å²) in [6, 6.07) is 93.9. The number of aromatic nitrogens is 3. The smallest absolute Gasteiger partial charge is 0.260 e. The van der Waals surface area contributed by atoms with E-state index >= 15 is 17.6 Å². The van der Waals surface area contributed by atoms with E-state index < -0.39 is 43.4 Å². The topological polar surface area (TPSA) is 58.2 Å². The molecular formula is C90H48B3F4N5O4. The highest BCUT2D eigenvalue weighted by Gasteiger charge is 2.51. The van der Waals surface area contributed by atoms with Gasteiger partial charge in [-0.05, 0) is 123 Å². The highest BCUT2D eigenvalue weighted by molar-refractivity contribution is 7.03. The van der Waals surface area contributed by atoms with Crippen molar-refractivity contribution in [2.75, 3.05) is 9.80 Å². The van der Waals surface area contributed by atoms with E-state index in [1.165, 1.54) is 36.4 Å². The van der Waals surface area contributed by atoms with Crippen LogP contribution in [0, 0.1) is 23.3 Å². The number of ether oxygens (including phenoxy) is 4. The first-order valence-electron chi connectivity index (χ1n) is 35.5. The van der Waals surface area contributed by atoms with Gasteiger partial charge in [0, 0.05) is 102 Å². The Morgan fingerprint density at radius 2 is 0.500 bits per heavy atom. The summed E-state index contributed by atoms with van der Waals surface area (Å²) in [6.07, 6.45) is 0. The molecule has 0 saturated heterocycles. The normalized spacial score (nSPS) is 13.7. The molecule has 24 rings (SSSR count). The minimum absolute atomic E-state index is 0.358. The van der Waals surface area contributed by atoms with Crippen LogP contribution in [0.1, 0.15) is 0 Å². The van der Waals surface area contributed by atoms with Gasteiger partial charge in [-0.15, -0.1) is 0 Å². The summed E-state index contributed by atoms with van der Waals surface area (Å²) < 4.78 is 108. The molecule has 494 valence electrons. The van der Waals surface area contributed by atoms with Crippen LogP contribution in [0.3, 0.4) is 0 Å². The SMILES string of the molecule is Fc1cccc(F)c1N1c2cc3c(cc2B2c4cc5c(cc4N(c4c(F)cccc4F)c4cc(-n6c7ccccc7c7ccccc76)cc1c42)Oc1cc(-n2c4ccccc4c4ccccc42)cc2c1B5c1ccccc1O2)B1c2ccccc2Oc2cc(-n4c5ccccc5c5ccccc54)cc(c21)O3. The van der Waals surface area contributed by atoms with Crippen molar-refractivity contribution < 1.29 is 36.5 Å². The third-order valence-corrected chi connectivity index (χ3v) is 22.9. The lowest BCUT2D eigenvalue weighted by molar-refractivity contribution is 0.464. The van der Waals surface area contributed by atoms with E-state index in [0.717, 1.165) is 110 Å². The molecule has 3 aromatic heterocycles. The summed E-state index contributed by atoms with van der Waals surface area (Å²) >= 11 is 0. The van der Waals surface area contributed by atoms with Crippen LogP contribution in [-0.2, 0) is 0 Å². The van der Waals surface area contributed by atoms with Crippen LogP contribution in [-0.4, -0.2) is 33.8 Å². The van der Waals surface area contributed by atoms with E-state index in [1.54, 1.807) is 9.80 Å². The molecule has 0 saturated carbocycles. The molecule has 16 heteroatoms. The minimum Gasteiger partial charge on any atom is -0.458 e. The Morgan fingerprint density at radius 3 is 0.840 bits per heavy atom. The Hall–Kier alpha value is -13.6. The van der Waals surface area contributed by atoms with Gasteiger partial charge in [0.2, 0.25) is 0 Å². The lowest BCUT2D eigenvalue weighted by Gasteiger charge is -2.46. The number of benzene rings is 15. The molecule has 0 amide bonds. The van der Waals surface area contributed by atoms with E-state index in [2.05, 4.69) is 147 Å². The molecule has 9 nitrogen and oxygen atoms in total. The number of hydrogen-bond donors (Lipinski definition) is 0. The molecule has 0 fully saturated rings. The lowest BCUT2D eigenvalue weighted by Crippen LogP contribution is -2.65. The minimum atomic E-state index is -0.836. The number of halogens is 4. The first-order valence-corrected chi connectivity index (χ1v) is 35.5. The molecule has 6 aliphatic heterocycles. The molecule has 18 aromatic rings. The molecule has 0 spiro atoms. The molecule has 9 heterocycles. The van der Waals surface area contributed by atoms with Crippen LogP contribution in [0.25, 0.3) is 82.5 Å². The van der Waals surface area contributed by atoms with E-state index in [4.69, 9.17) is 18.9 Å². The second-order valence-electron chi connectivity index (χ2n) is 28.2. The zero-order valence-electron chi connectivity index (χ0n) is 55.8. The van der Waals surface area contributed by atoms with E-state index in [1.807, 2.05) is 121 Å². The van der Waals surface area contributed by atoms with Crippen LogP contribution >= 0.6 is 0 Å². The van der Waals surface area contributed by atoms with Crippen LogP contribution in [0.4, 0.5) is 51.7 Å². The summed E-state index contributed by atoms with van der Waals surface area (Å²) in [5.41, 5.74) is 15.5. The van der Waals surface area contributed by atoms with Crippen molar-refractivity contribution >= 4 is 169 Å². The predicted molar refractivity (Wildman–Crippen MR) is 419 cm³/mol. The highest BCUT2D eigenvalue weighted by Crippen LogP contribution is 2.52. The van der Waals surface area contributed by atoms with Crippen molar-refractivity contribution in [3.05, 3.63) is 314 Å². The molecule has 6 aliphatic rings. The number of nitrogens with zero attached hydrogens (tertiary/aromatic N) is 5. The average molecular weight is 1370 g/mol. The molecule has 0 N–H and O–H groups in total. The van der Waals surface area contributed by atoms with Crippen LogP contribution < -0.4 is 77.9 Å². The number of anilines is 6. The lowest BCUT2D eigenvalue weighted by atomic mass is 9.29.